The zero-order valence-electron chi connectivity index (χ0n) is 21.4. The van der Waals surface area contributed by atoms with Crippen LogP contribution in [-0.2, 0) is 24.6 Å². The van der Waals surface area contributed by atoms with Crippen molar-refractivity contribution in [3.8, 4) is 5.13 Å². The third-order valence-electron chi connectivity index (χ3n) is 5.51. The van der Waals surface area contributed by atoms with Gasteiger partial charge >= 0.3 is 7.60 Å². The summed E-state index contributed by atoms with van der Waals surface area (Å²) in [4.78, 5) is 22.9. The highest BCUT2D eigenvalue weighted by Gasteiger charge is 2.24. The quantitative estimate of drug-likeness (QED) is 0.163. The van der Waals surface area contributed by atoms with Gasteiger partial charge in [-0.1, -0.05) is 49.4 Å². The highest BCUT2D eigenvalue weighted by atomic mass is 32.1. The summed E-state index contributed by atoms with van der Waals surface area (Å²) in [6.07, 6.45) is 5.28. The van der Waals surface area contributed by atoms with Crippen molar-refractivity contribution in [2.24, 2.45) is 0 Å². The van der Waals surface area contributed by atoms with Crippen LogP contribution in [0.15, 0.2) is 60.9 Å². The van der Waals surface area contributed by atoms with Gasteiger partial charge in [0.15, 0.2) is 5.13 Å². The molecule has 4 aromatic rings. The van der Waals surface area contributed by atoms with Crippen LogP contribution in [0.25, 0.3) is 22.2 Å². The summed E-state index contributed by atoms with van der Waals surface area (Å²) < 4.78 is 25.4. The molecule has 1 N–H and O–H groups in total. The van der Waals surface area contributed by atoms with E-state index in [4.69, 9.17) is 14.0 Å². The van der Waals surface area contributed by atoms with Gasteiger partial charge in [0, 0.05) is 11.8 Å². The predicted molar refractivity (Wildman–Crippen MR) is 149 cm³/mol. The standard InChI is InChI=1S/C27H31N4O4PS/c1-5-34-36(33,35-6-2)17-20-11-13-21(14-12-20)29-25(32)16-15-24-26(19(3)4)30-27(37-24)31-18-28-22-9-7-8-10-23(22)31/h7-16,18-19H,5-6,17H2,1-4H3,(H,29,32). The lowest BCUT2D eigenvalue weighted by molar-refractivity contribution is -0.111. The minimum Gasteiger partial charge on any atom is -0.323 e. The van der Waals surface area contributed by atoms with Gasteiger partial charge in [0.05, 0.1) is 41.0 Å². The van der Waals surface area contributed by atoms with Gasteiger partial charge in [0.25, 0.3) is 0 Å². The third kappa shape index (κ3) is 6.62. The van der Waals surface area contributed by atoms with E-state index in [0.717, 1.165) is 32.3 Å². The van der Waals surface area contributed by atoms with Crippen LogP contribution in [0.1, 0.15) is 49.7 Å². The average Bonchev–Trinajstić information content (AvgIpc) is 3.48. The number of hydrogen-bond acceptors (Lipinski definition) is 7. The van der Waals surface area contributed by atoms with Gasteiger partial charge in [0.2, 0.25) is 5.91 Å². The molecule has 0 fully saturated rings. The number of nitrogens with zero attached hydrogens (tertiary/aromatic N) is 3. The fourth-order valence-electron chi connectivity index (χ4n) is 3.85. The molecule has 0 bridgehead atoms. The average molecular weight is 539 g/mol. The van der Waals surface area contributed by atoms with Gasteiger partial charge in [-0.2, -0.15) is 0 Å². The fraction of sp³-hybridized carbons (Fsp3) is 0.296. The monoisotopic (exact) mass is 538 g/mol. The number of fused-ring (bicyclic) bond motifs is 1. The second-order valence-corrected chi connectivity index (χ2v) is 11.7. The molecule has 0 radical (unpaired) electrons. The number of carbonyl (C=O) groups excluding carboxylic acids is 1. The number of rotatable bonds is 11. The van der Waals surface area contributed by atoms with Crippen molar-refractivity contribution < 1.29 is 18.4 Å². The molecule has 194 valence electrons. The molecule has 0 atom stereocenters. The lowest BCUT2D eigenvalue weighted by Crippen LogP contribution is -2.07. The van der Waals surface area contributed by atoms with Crippen molar-refractivity contribution in [1.82, 2.24) is 14.5 Å². The maximum atomic E-state index is 12.7. The molecule has 0 unspecified atom stereocenters. The summed E-state index contributed by atoms with van der Waals surface area (Å²) in [5.41, 5.74) is 4.27. The number of nitrogens with one attached hydrogen (secondary N) is 1. The molecule has 8 nitrogen and oxygen atoms in total. The largest absolute Gasteiger partial charge is 0.335 e. The molecule has 4 rings (SSSR count). The van der Waals surface area contributed by atoms with E-state index < -0.39 is 7.60 Å². The SMILES string of the molecule is CCOP(=O)(Cc1ccc(NC(=O)C=Cc2sc(-n3cnc4ccccc43)nc2C(C)C)cc1)OCC. The highest BCUT2D eigenvalue weighted by molar-refractivity contribution is 7.53. The fourth-order valence-corrected chi connectivity index (χ4v) is 6.66. The number of benzene rings is 2. The van der Waals surface area contributed by atoms with Gasteiger partial charge in [-0.05, 0) is 55.7 Å². The normalized spacial score (nSPS) is 12.1. The van der Waals surface area contributed by atoms with Crippen molar-refractivity contribution in [3.05, 3.63) is 77.1 Å². The van der Waals surface area contributed by atoms with Gasteiger partial charge in [-0.15, -0.1) is 0 Å². The minimum absolute atomic E-state index is 0.181. The maximum Gasteiger partial charge on any atom is 0.335 e. The van der Waals surface area contributed by atoms with Crippen LogP contribution in [-0.4, -0.2) is 33.7 Å². The van der Waals surface area contributed by atoms with Crippen molar-refractivity contribution in [2.45, 2.75) is 39.8 Å². The molecule has 2 aromatic carbocycles. The van der Waals surface area contributed by atoms with Crippen molar-refractivity contribution >= 4 is 47.6 Å². The topological polar surface area (TPSA) is 95.3 Å². The Kier molecular flexibility index (Phi) is 8.71. The number of thiazole rings is 1. The molecule has 37 heavy (non-hydrogen) atoms. The Hall–Kier alpha value is -3.10. The van der Waals surface area contributed by atoms with Gasteiger partial charge in [0.1, 0.15) is 6.33 Å². The highest BCUT2D eigenvalue weighted by Crippen LogP contribution is 2.51. The minimum atomic E-state index is -3.18. The lowest BCUT2D eigenvalue weighted by atomic mass is 10.1. The second-order valence-electron chi connectivity index (χ2n) is 8.63. The molecule has 0 spiro atoms. The number of amides is 1. The first-order valence-electron chi connectivity index (χ1n) is 12.2. The molecule has 0 saturated heterocycles. The maximum absolute atomic E-state index is 12.7. The Morgan fingerprint density at radius 2 is 1.81 bits per heavy atom. The van der Waals surface area contributed by atoms with E-state index in [2.05, 4.69) is 24.1 Å². The number of hydrogen-bond donors (Lipinski definition) is 1. The van der Waals surface area contributed by atoms with E-state index in [1.54, 1.807) is 38.4 Å². The van der Waals surface area contributed by atoms with Gasteiger partial charge in [-0.3, -0.25) is 13.9 Å². The molecule has 0 aliphatic rings. The number of anilines is 1. The summed E-state index contributed by atoms with van der Waals surface area (Å²) in [7, 11) is -3.18. The molecule has 2 heterocycles. The Balaban J connectivity index is 1.46. The zero-order valence-corrected chi connectivity index (χ0v) is 23.1. The summed E-state index contributed by atoms with van der Waals surface area (Å²) in [5, 5.41) is 3.68. The number of aromatic nitrogens is 3. The molecule has 0 aliphatic heterocycles. The van der Waals surface area contributed by atoms with Gasteiger partial charge in [-0.25, -0.2) is 9.97 Å². The molecular weight excluding hydrogens is 507 g/mol. The summed E-state index contributed by atoms with van der Waals surface area (Å²) >= 11 is 1.52. The second kappa shape index (κ2) is 12.0. The number of carbonyl (C=O) groups is 1. The van der Waals surface area contributed by atoms with E-state index in [1.807, 2.05) is 41.0 Å². The first-order chi connectivity index (χ1) is 17.8. The van der Waals surface area contributed by atoms with Crippen LogP contribution >= 0.6 is 18.9 Å². The van der Waals surface area contributed by atoms with Crippen LogP contribution in [0.2, 0.25) is 0 Å². The molecule has 2 aromatic heterocycles. The molecule has 10 heteroatoms. The van der Waals surface area contributed by atoms with Crippen molar-refractivity contribution in [1.29, 1.82) is 0 Å². The number of imidazole rings is 1. The first kappa shape index (κ1) is 26.9. The van der Waals surface area contributed by atoms with E-state index in [-0.39, 0.29) is 18.0 Å². The third-order valence-corrected chi connectivity index (χ3v) is 8.60. The smallest absolute Gasteiger partial charge is 0.323 e. The van der Waals surface area contributed by atoms with E-state index in [0.29, 0.717) is 18.9 Å². The summed E-state index contributed by atoms with van der Waals surface area (Å²) in [5.74, 6) is -0.0563. The Morgan fingerprint density at radius 1 is 1.11 bits per heavy atom. The van der Waals surface area contributed by atoms with Crippen LogP contribution in [0.4, 0.5) is 5.69 Å². The molecular formula is C27H31N4O4PS. The first-order valence-corrected chi connectivity index (χ1v) is 14.8. The van der Waals surface area contributed by atoms with Crippen LogP contribution < -0.4 is 5.32 Å². The van der Waals surface area contributed by atoms with Crippen LogP contribution in [0.3, 0.4) is 0 Å². The summed E-state index contributed by atoms with van der Waals surface area (Å²) in [6, 6.07) is 15.1. The number of para-hydroxylation sites is 2. The molecule has 0 aliphatic carbocycles. The Morgan fingerprint density at radius 3 is 2.49 bits per heavy atom. The van der Waals surface area contributed by atoms with E-state index in [1.165, 1.54) is 17.4 Å². The van der Waals surface area contributed by atoms with Crippen LogP contribution in [0, 0.1) is 0 Å². The molecule has 0 saturated carbocycles. The van der Waals surface area contributed by atoms with E-state index in [9.17, 15) is 9.36 Å². The van der Waals surface area contributed by atoms with Gasteiger partial charge < -0.3 is 14.4 Å². The Labute approximate surface area is 220 Å². The lowest BCUT2D eigenvalue weighted by Gasteiger charge is -2.17. The van der Waals surface area contributed by atoms with Crippen molar-refractivity contribution in [3.63, 3.8) is 0 Å². The molecule has 1 amide bonds. The van der Waals surface area contributed by atoms with Crippen LogP contribution in [0.5, 0.6) is 0 Å². The summed E-state index contributed by atoms with van der Waals surface area (Å²) in [6.45, 7) is 8.37. The predicted octanol–water partition coefficient (Wildman–Crippen LogP) is 7.02. The zero-order chi connectivity index (χ0) is 26.4. The Bertz CT molecular complexity index is 1430. The van der Waals surface area contributed by atoms with Crippen molar-refractivity contribution in [2.75, 3.05) is 18.5 Å². The van der Waals surface area contributed by atoms with E-state index >= 15 is 0 Å².